The Labute approximate surface area is 221 Å². The van der Waals surface area contributed by atoms with Crippen LogP contribution in [0, 0.1) is 0 Å². The number of fused-ring (bicyclic) bond motifs is 3. The lowest BCUT2D eigenvalue weighted by atomic mass is 9.95. The summed E-state index contributed by atoms with van der Waals surface area (Å²) < 4.78 is 55.9. The van der Waals surface area contributed by atoms with Gasteiger partial charge in [-0.15, -0.1) is 0 Å². The Morgan fingerprint density at radius 3 is 2.55 bits per heavy atom. The van der Waals surface area contributed by atoms with E-state index in [1.165, 1.54) is 26.4 Å². The van der Waals surface area contributed by atoms with Gasteiger partial charge in [0.2, 0.25) is 0 Å². The largest absolute Gasteiger partial charge is 0.493 e. The summed E-state index contributed by atoms with van der Waals surface area (Å²) in [5, 5.41) is 4.18. The standard InChI is InChI=1S/C28H36F3N3O4/c1-36-23-16-20-21(17-24(23)37-15-7-14-34-12-5-6-13-34)33-26(32-18-8-3-2-4-9-18)19-10-11-22(25(19)20)38-27(35)28(29,30)31/h16-18,22H,2-15H2,1H3,(H,32,33). The zero-order chi connectivity index (χ0) is 26.7. The Kier molecular flexibility index (Phi) is 8.16. The van der Waals surface area contributed by atoms with E-state index in [1.54, 1.807) is 12.1 Å². The molecule has 3 aliphatic rings. The summed E-state index contributed by atoms with van der Waals surface area (Å²) in [6, 6.07) is 3.80. The Balaban J connectivity index is 1.46. The van der Waals surface area contributed by atoms with E-state index in [4.69, 9.17) is 19.2 Å². The highest BCUT2D eigenvalue weighted by atomic mass is 19.4. The van der Waals surface area contributed by atoms with Crippen LogP contribution in [-0.2, 0) is 16.0 Å². The van der Waals surface area contributed by atoms with Gasteiger partial charge in [0.05, 0.1) is 19.2 Å². The fourth-order valence-corrected chi connectivity index (χ4v) is 6.00. The number of pyridine rings is 1. The first-order chi connectivity index (χ1) is 18.3. The SMILES string of the molecule is COc1cc2c3c(c(NC4CCCCC4)nc2cc1OCCCN1CCCC1)CCC3OC(=O)C(F)(F)F. The molecule has 208 valence electrons. The van der Waals surface area contributed by atoms with Crippen molar-refractivity contribution in [2.24, 2.45) is 0 Å². The van der Waals surface area contributed by atoms with Gasteiger partial charge in [-0.05, 0) is 64.1 Å². The molecular formula is C28H36F3N3O4. The van der Waals surface area contributed by atoms with Gasteiger partial charge >= 0.3 is 12.1 Å². The van der Waals surface area contributed by atoms with Gasteiger partial charge in [0.25, 0.3) is 0 Å². The van der Waals surface area contributed by atoms with E-state index >= 15 is 0 Å². The monoisotopic (exact) mass is 535 g/mol. The molecule has 1 aromatic carbocycles. The molecule has 2 aromatic rings. The minimum Gasteiger partial charge on any atom is -0.493 e. The molecule has 1 aromatic heterocycles. The number of methoxy groups -OCH3 is 1. The van der Waals surface area contributed by atoms with Crippen LogP contribution in [0.25, 0.3) is 10.9 Å². The molecule has 1 unspecified atom stereocenters. The number of alkyl halides is 3. The number of nitrogens with one attached hydrogen (secondary N) is 1. The first-order valence-electron chi connectivity index (χ1n) is 13.8. The second-order valence-electron chi connectivity index (χ2n) is 10.5. The molecule has 10 heteroatoms. The molecule has 1 saturated heterocycles. The van der Waals surface area contributed by atoms with E-state index < -0.39 is 18.2 Å². The van der Waals surface area contributed by atoms with Gasteiger partial charge in [0.15, 0.2) is 11.5 Å². The molecule has 7 nitrogen and oxygen atoms in total. The minimum absolute atomic E-state index is 0.258. The normalized spacial score (nSPS) is 20.5. The second-order valence-corrected chi connectivity index (χ2v) is 10.5. The van der Waals surface area contributed by atoms with E-state index in [0.717, 1.165) is 57.3 Å². The molecule has 2 aliphatic carbocycles. The third kappa shape index (κ3) is 5.95. The number of hydrogen-bond acceptors (Lipinski definition) is 7. The molecule has 1 saturated carbocycles. The van der Waals surface area contributed by atoms with E-state index in [0.29, 0.717) is 46.8 Å². The highest BCUT2D eigenvalue weighted by Crippen LogP contribution is 2.45. The zero-order valence-electron chi connectivity index (χ0n) is 21.9. The molecular weight excluding hydrogens is 499 g/mol. The van der Waals surface area contributed by atoms with Crippen molar-refractivity contribution in [2.75, 3.05) is 38.7 Å². The number of hydrogen-bond donors (Lipinski definition) is 1. The molecule has 2 heterocycles. The molecule has 0 radical (unpaired) electrons. The van der Waals surface area contributed by atoms with Crippen molar-refractivity contribution in [1.29, 1.82) is 0 Å². The van der Waals surface area contributed by atoms with Crippen molar-refractivity contribution < 1.29 is 32.2 Å². The summed E-state index contributed by atoms with van der Waals surface area (Å²) in [6.07, 6.45) is 3.56. The number of anilines is 1. The fraction of sp³-hybridized carbons (Fsp3) is 0.643. The second kappa shape index (κ2) is 11.6. The first-order valence-corrected chi connectivity index (χ1v) is 13.8. The maximum Gasteiger partial charge on any atom is 0.490 e. The molecule has 2 fully saturated rings. The van der Waals surface area contributed by atoms with Crippen molar-refractivity contribution in [3.05, 3.63) is 23.3 Å². The summed E-state index contributed by atoms with van der Waals surface area (Å²) in [6.45, 7) is 3.75. The summed E-state index contributed by atoms with van der Waals surface area (Å²) >= 11 is 0. The quantitative estimate of drug-likeness (QED) is 0.314. The molecule has 38 heavy (non-hydrogen) atoms. The van der Waals surface area contributed by atoms with Crippen LogP contribution >= 0.6 is 0 Å². The molecule has 1 aliphatic heterocycles. The van der Waals surface area contributed by atoms with Gasteiger partial charge in [-0.2, -0.15) is 13.2 Å². The number of rotatable bonds is 9. The Morgan fingerprint density at radius 2 is 1.84 bits per heavy atom. The lowest BCUT2D eigenvalue weighted by molar-refractivity contribution is -0.205. The molecule has 0 spiro atoms. The predicted molar refractivity (Wildman–Crippen MR) is 138 cm³/mol. The highest BCUT2D eigenvalue weighted by molar-refractivity contribution is 5.90. The highest BCUT2D eigenvalue weighted by Gasteiger charge is 2.44. The smallest absolute Gasteiger partial charge is 0.490 e. The van der Waals surface area contributed by atoms with Crippen molar-refractivity contribution in [1.82, 2.24) is 9.88 Å². The van der Waals surface area contributed by atoms with E-state index in [-0.39, 0.29) is 12.5 Å². The van der Waals surface area contributed by atoms with Crippen molar-refractivity contribution in [3.8, 4) is 11.5 Å². The number of aromatic nitrogens is 1. The van der Waals surface area contributed by atoms with Crippen molar-refractivity contribution in [2.45, 2.75) is 82.5 Å². The van der Waals surface area contributed by atoms with Crippen LogP contribution in [0.15, 0.2) is 12.1 Å². The number of carbonyl (C=O) groups is 1. The van der Waals surface area contributed by atoms with Crippen molar-refractivity contribution >= 4 is 22.7 Å². The van der Waals surface area contributed by atoms with Crippen LogP contribution in [0.1, 0.15) is 75.0 Å². The number of esters is 1. The van der Waals surface area contributed by atoms with Gasteiger partial charge in [-0.25, -0.2) is 9.78 Å². The number of ether oxygens (including phenoxy) is 3. The number of nitrogens with zero attached hydrogens (tertiary/aromatic N) is 2. The summed E-state index contributed by atoms with van der Waals surface area (Å²) in [4.78, 5) is 19.1. The van der Waals surface area contributed by atoms with Gasteiger partial charge in [0.1, 0.15) is 11.9 Å². The molecule has 1 atom stereocenters. The van der Waals surface area contributed by atoms with E-state index in [2.05, 4.69) is 10.2 Å². The number of benzene rings is 1. The molecule has 5 rings (SSSR count). The van der Waals surface area contributed by atoms with Gasteiger partial charge in [0, 0.05) is 35.2 Å². The fourth-order valence-electron chi connectivity index (χ4n) is 6.00. The predicted octanol–water partition coefficient (Wildman–Crippen LogP) is 5.95. The summed E-state index contributed by atoms with van der Waals surface area (Å²) in [5.74, 6) is -0.495. The number of likely N-dealkylation sites (tertiary alicyclic amines) is 1. The zero-order valence-corrected chi connectivity index (χ0v) is 21.9. The molecule has 0 amide bonds. The van der Waals surface area contributed by atoms with Gasteiger partial charge in [-0.1, -0.05) is 19.3 Å². The van der Waals surface area contributed by atoms with Crippen LogP contribution in [-0.4, -0.2) is 61.4 Å². The first kappa shape index (κ1) is 26.8. The average Bonchev–Trinajstić information content (AvgIpc) is 3.57. The van der Waals surface area contributed by atoms with Crippen LogP contribution in [0.2, 0.25) is 0 Å². The third-order valence-electron chi connectivity index (χ3n) is 7.90. The van der Waals surface area contributed by atoms with Crippen LogP contribution in [0.4, 0.5) is 19.0 Å². The van der Waals surface area contributed by atoms with Gasteiger partial charge in [-0.3, -0.25) is 0 Å². The van der Waals surface area contributed by atoms with E-state index in [1.807, 2.05) is 0 Å². The molecule has 0 bridgehead atoms. The van der Waals surface area contributed by atoms with Crippen LogP contribution in [0.3, 0.4) is 0 Å². The van der Waals surface area contributed by atoms with Gasteiger partial charge < -0.3 is 24.4 Å². The summed E-state index contributed by atoms with van der Waals surface area (Å²) in [7, 11) is 1.53. The maximum atomic E-state index is 13.1. The minimum atomic E-state index is -5.05. The number of carbonyl (C=O) groups excluding carboxylic acids is 1. The number of halogens is 3. The summed E-state index contributed by atoms with van der Waals surface area (Å²) in [5.41, 5.74) is 1.96. The van der Waals surface area contributed by atoms with E-state index in [9.17, 15) is 18.0 Å². The average molecular weight is 536 g/mol. The van der Waals surface area contributed by atoms with Crippen LogP contribution < -0.4 is 14.8 Å². The Morgan fingerprint density at radius 1 is 1.08 bits per heavy atom. The lowest BCUT2D eigenvalue weighted by Gasteiger charge is -2.25. The topological polar surface area (TPSA) is 72.9 Å². The van der Waals surface area contributed by atoms with Crippen molar-refractivity contribution in [3.63, 3.8) is 0 Å². The Hall–Kier alpha value is -2.75. The van der Waals surface area contributed by atoms with Crippen LogP contribution in [0.5, 0.6) is 11.5 Å². The lowest BCUT2D eigenvalue weighted by Crippen LogP contribution is -2.27. The maximum absolute atomic E-state index is 13.1. The Bertz CT molecular complexity index is 1140. The third-order valence-corrected chi connectivity index (χ3v) is 7.90. The molecule has 1 N–H and O–H groups in total.